The Morgan fingerprint density at radius 1 is 1.44 bits per heavy atom. The SMILES string of the molecule is CO/N=C(\C(=O)N[C@@H]1C(=O)N2C(C(=O)O)=C(C[n+]3cc4cc(C)ccn4n3)CS[C@@H]12)c1csc(N)n1. The van der Waals surface area contributed by atoms with E-state index in [1.807, 2.05) is 31.5 Å². The van der Waals surface area contributed by atoms with Crippen LogP contribution >= 0.6 is 23.1 Å². The molecule has 5 rings (SSSR count). The van der Waals surface area contributed by atoms with Crippen LogP contribution in [0.1, 0.15) is 11.3 Å². The highest BCUT2D eigenvalue weighted by molar-refractivity contribution is 8.00. The normalized spacial score (nSPS) is 19.8. The molecular formula is C21H21N8O5S2+. The zero-order valence-corrected chi connectivity index (χ0v) is 20.7. The second kappa shape index (κ2) is 9.23. The topological polar surface area (TPSA) is 168 Å². The van der Waals surface area contributed by atoms with Crippen molar-refractivity contribution >= 4 is 57.2 Å². The van der Waals surface area contributed by atoms with Crippen molar-refractivity contribution in [1.29, 1.82) is 0 Å². The molecule has 4 N–H and O–H groups in total. The molecule has 2 aliphatic heterocycles. The Morgan fingerprint density at radius 2 is 2.25 bits per heavy atom. The van der Waals surface area contributed by atoms with Crippen LogP contribution in [-0.2, 0) is 25.8 Å². The van der Waals surface area contributed by atoms with Crippen molar-refractivity contribution in [3.8, 4) is 0 Å². The zero-order valence-electron chi connectivity index (χ0n) is 19.1. The molecule has 5 heterocycles. The highest BCUT2D eigenvalue weighted by Crippen LogP contribution is 2.40. The summed E-state index contributed by atoms with van der Waals surface area (Å²) in [5.74, 6) is -2.07. The molecule has 2 aliphatic rings. The summed E-state index contributed by atoms with van der Waals surface area (Å²) in [6, 6.07) is 2.96. The van der Waals surface area contributed by atoms with Crippen LogP contribution in [0.15, 0.2) is 46.3 Å². The Kier molecular flexibility index (Phi) is 6.09. The monoisotopic (exact) mass is 529 g/mol. The number of rotatable bonds is 7. The lowest BCUT2D eigenvalue weighted by molar-refractivity contribution is -0.746. The van der Waals surface area contributed by atoms with Crippen LogP contribution in [0.5, 0.6) is 0 Å². The molecule has 186 valence electrons. The van der Waals surface area contributed by atoms with Crippen molar-refractivity contribution in [3.05, 3.63) is 52.4 Å². The molecule has 0 spiro atoms. The van der Waals surface area contributed by atoms with Gasteiger partial charge in [-0.25, -0.2) is 9.78 Å². The summed E-state index contributed by atoms with van der Waals surface area (Å²) in [6.07, 6.45) is 3.64. The van der Waals surface area contributed by atoms with Gasteiger partial charge in [0.15, 0.2) is 22.6 Å². The van der Waals surface area contributed by atoms with E-state index in [1.54, 1.807) is 14.6 Å². The number of anilines is 1. The number of carboxylic acids is 1. The number of nitrogens with two attached hydrogens (primary N) is 1. The molecule has 15 heteroatoms. The number of carbonyl (C=O) groups excluding carboxylic acids is 2. The first-order chi connectivity index (χ1) is 17.3. The van der Waals surface area contributed by atoms with Crippen molar-refractivity contribution in [3.63, 3.8) is 0 Å². The van der Waals surface area contributed by atoms with E-state index in [1.165, 1.54) is 23.8 Å². The zero-order chi connectivity index (χ0) is 25.6. The van der Waals surface area contributed by atoms with Gasteiger partial charge >= 0.3 is 5.97 Å². The Balaban J connectivity index is 1.36. The van der Waals surface area contributed by atoms with Crippen LogP contribution in [0.25, 0.3) is 5.52 Å². The van der Waals surface area contributed by atoms with Gasteiger partial charge in [-0.1, -0.05) is 5.16 Å². The fraction of sp³-hybridized carbons (Fsp3) is 0.286. The number of nitrogen functional groups attached to an aromatic ring is 1. The number of hydrogen-bond donors (Lipinski definition) is 3. The van der Waals surface area contributed by atoms with Crippen molar-refractivity contribution < 1.29 is 29.0 Å². The fourth-order valence-electron chi connectivity index (χ4n) is 4.08. The molecule has 0 aromatic carbocycles. The standard InChI is InChI=1S/C21H20N8O5S2/c1-10-3-4-28-12(5-10)7-27(26-28)6-11-8-35-19-15(18(31)29(19)16(11)20(32)33)24-17(30)14(25-34-2)13-9-36-21(22)23-13/h3-5,7,9,15,19H,6,8H2,1-2H3,(H3-,22,23,24,30,32,33)/p+1/b25-14-/t15-,19+/m1/s1. The molecular weight excluding hydrogens is 508 g/mol. The van der Waals surface area contributed by atoms with E-state index in [2.05, 4.69) is 20.7 Å². The minimum absolute atomic E-state index is 0.0898. The van der Waals surface area contributed by atoms with Gasteiger partial charge in [-0.05, 0) is 24.6 Å². The molecule has 0 unspecified atom stereocenters. The first-order valence-corrected chi connectivity index (χ1v) is 12.6. The number of aliphatic carboxylic acids is 1. The van der Waals surface area contributed by atoms with Crippen LogP contribution in [0.3, 0.4) is 0 Å². The number of thioether (sulfide) groups is 1. The predicted molar refractivity (Wildman–Crippen MR) is 130 cm³/mol. The number of pyridine rings is 1. The van der Waals surface area contributed by atoms with E-state index in [0.717, 1.165) is 22.4 Å². The number of oxime groups is 1. The summed E-state index contributed by atoms with van der Waals surface area (Å²) in [6.45, 7) is 2.18. The first-order valence-electron chi connectivity index (χ1n) is 10.7. The minimum Gasteiger partial charge on any atom is -0.477 e. The van der Waals surface area contributed by atoms with Crippen LogP contribution in [-0.4, -0.2) is 72.5 Å². The molecule has 13 nitrogen and oxygen atoms in total. The number of carbonyl (C=O) groups is 3. The van der Waals surface area contributed by atoms with Crippen LogP contribution in [0.4, 0.5) is 5.13 Å². The number of aromatic nitrogens is 4. The minimum atomic E-state index is -1.21. The Labute approximate surface area is 212 Å². The third-order valence-electron chi connectivity index (χ3n) is 5.66. The van der Waals surface area contributed by atoms with Gasteiger partial charge in [0.05, 0.1) is 5.21 Å². The second-order valence-electron chi connectivity index (χ2n) is 8.10. The quantitative estimate of drug-likeness (QED) is 0.162. The number of β-lactam (4-membered cyclic amide) rings is 1. The van der Waals surface area contributed by atoms with Crippen molar-refractivity contribution in [2.45, 2.75) is 24.9 Å². The van der Waals surface area contributed by atoms with Gasteiger partial charge in [0.25, 0.3) is 11.8 Å². The lowest BCUT2D eigenvalue weighted by Crippen LogP contribution is -2.71. The average molecular weight is 530 g/mol. The summed E-state index contributed by atoms with van der Waals surface area (Å²) in [5.41, 5.74) is 8.13. The number of aryl methyl sites for hydroxylation is 1. The van der Waals surface area contributed by atoms with E-state index < -0.39 is 29.2 Å². The molecule has 3 aromatic heterocycles. The maximum absolute atomic E-state index is 13.0. The number of fused-ring (bicyclic) bond motifs is 2. The highest BCUT2D eigenvalue weighted by atomic mass is 32.2. The van der Waals surface area contributed by atoms with Crippen molar-refractivity contribution in [2.24, 2.45) is 5.16 Å². The van der Waals surface area contributed by atoms with E-state index in [4.69, 9.17) is 10.6 Å². The molecule has 0 saturated carbocycles. The second-order valence-corrected chi connectivity index (χ2v) is 10.1. The molecule has 2 amide bonds. The van der Waals surface area contributed by atoms with Crippen LogP contribution in [0.2, 0.25) is 0 Å². The fourth-order valence-corrected chi connectivity index (χ4v) is 5.96. The Morgan fingerprint density at radius 3 is 2.94 bits per heavy atom. The number of hydrogen-bond acceptors (Lipinski definition) is 10. The molecule has 1 saturated heterocycles. The summed E-state index contributed by atoms with van der Waals surface area (Å²) < 4.78 is 3.34. The van der Waals surface area contributed by atoms with Gasteiger partial charge in [0.1, 0.15) is 42.7 Å². The van der Waals surface area contributed by atoms with Gasteiger partial charge in [0, 0.05) is 16.7 Å². The third kappa shape index (κ3) is 4.15. The summed E-state index contributed by atoms with van der Waals surface area (Å²) in [5, 5.41) is 22.0. The highest BCUT2D eigenvalue weighted by Gasteiger charge is 2.54. The van der Waals surface area contributed by atoms with Gasteiger partial charge in [-0.15, -0.1) is 32.3 Å². The van der Waals surface area contributed by atoms with Crippen LogP contribution < -0.4 is 15.7 Å². The number of thiazole rings is 1. The average Bonchev–Trinajstić information content (AvgIpc) is 3.45. The van der Waals surface area contributed by atoms with Crippen LogP contribution in [0, 0.1) is 6.92 Å². The summed E-state index contributed by atoms with van der Waals surface area (Å²) >= 11 is 2.50. The number of nitrogens with zero attached hydrogens (tertiary/aromatic N) is 6. The largest absolute Gasteiger partial charge is 0.477 e. The van der Waals surface area contributed by atoms with Gasteiger partial charge in [-0.3, -0.25) is 14.5 Å². The summed E-state index contributed by atoms with van der Waals surface area (Å²) in [4.78, 5) is 48.1. The number of nitrogens with one attached hydrogen (secondary N) is 1. The van der Waals surface area contributed by atoms with Crippen molar-refractivity contribution in [1.82, 2.24) is 24.9 Å². The smallest absolute Gasteiger partial charge is 0.352 e. The number of carboxylic acid groups (broad SMARTS) is 1. The molecule has 0 bridgehead atoms. The predicted octanol–water partition coefficient (Wildman–Crippen LogP) is -0.242. The molecule has 0 radical (unpaired) electrons. The Hall–Kier alpha value is -3.98. The third-order valence-corrected chi connectivity index (χ3v) is 7.68. The van der Waals surface area contributed by atoms with E-state index in [9.17, 15) is 19.5 Å². The molecule has 1 fully saturated rings. The number of amides is 2. The first kappa shape index (κ1) is 23.7. The molecule has 3 aromatic rings. The van der Waals surface area contributed by atoms with Crippen molar-refractivity contribution in [2.75, 3.05) is 18.6 Å². The Bertz CT molecular complexity index is 1460. The lowest BCUT2D eigenvalue weighted by atomic mass is 10.0. The van der Waals surface area contributed by atoms with Gasteiger partial charge in [-0.2, -0.15) is 0 Å². The van der Waals surface area contributed by atoms with Gasteiger partial charge in [0.2, 0.25) is 0 Å². The molecule has 36 heavy (non-hydrogen) atoms. The van der Waals surface area contributed by atoms with E-state index in [-0.39, 0.29) is 28.8 Å². The summed E-state index contributed by atoms with van der Waals surface area (Å²) in [7, 11) is 1.28. The van der Waals surface area contributed by atoms with E-state index in [0.29, 0.717) is 11.3 Å². The lowest BCUT2D eigenvalue weighted by Gasteiger charge is -2.49. The molecule has 0 aliphatic carbocycles. The maximum atomic E-state index is 13.0. The molecule has 2 atom stereocenters. The maximum Gasteiger partial charge on any atom is 0.352 e. The van der Waals surface area contributed by atoms with Gasteiger partial charge < -0.3 is 21.0 Å². The van der Waals surface area contributed by atoms with E-state index >= 15 is 0 Å².